The van der Waals surface area contributed by atoms with Crippen LogP contribution >= 0.6 is 11.6 Å². The zero-order chi connectivity index (χ0) is 13.8. The molecule has 0 aliphatic heterocycles. The summed E-state index contributed by atoms with van der Waals surface area (Å²) in [5, 5.41) is 13.3. The molecule has 0 bridgehead atoms. The number of nitrogens with one attached hydrogen (secondary N) is 1. The zero-order valence-electron chi connectivity index (χ0n) is 10.8. The van der Waals surface area contributed by atoms with Crippen LogP contribution in [-0.4, -0.2) is 17.8 Å². The van der Waals surface area contributed by atoms with Gasteiger partial charge in [0, 0.05) is 11.8 Å². The second kappa shape index (κ2) is 6.23. The van der Waals surface area contributed by atoms with E-state index in [2.05, 4.69) is 5.32 Å². The second-order valence-electron chi connectivity index (χ2n) is 5.32. The molecule has 0 heterocycles. The molecule has 1 amide bonds. The molecule has 0 radical (unpaired) electrons. The molecule has 0 unspecified atom stereocenters. The first-order chi connectivity index (χ1) is 8.38. The molecule has 102 valence electrons. The highest BCUT2D eigenvalue weighted by Gasteiger charge is 2.50. The van der Waals surface area contributed by atoms with Gasteiger partial charge in [0.05, 0.1) is 11.7 Å². The van der Waals surface area contributed by atoms with Crippen molar-refractivity contribution in [1.29, 1.82) is 0 Å². The van der Waals surface area contributed by atoms with Crippen molar-refractivity contribution in [2.75, 3.05) is 5.88 Å². The van der Waals surface area contributed by atoms with Crippen molar-refractivity contribution in [2.24, 2.45) is 11.3 Å². The lowest BCUT2D eigenvalue weighted by Gasteiger charge is -2.11. The molecule has 0 saturated heterocycles. The second-order valence-corrected chi connectivity index (χ2v) is 5.70. The van der Waals surface area contributed by atoms with Gasteiger partial charge in [-0.25, -0.2) is 0 Å². The van der Waals surface area contributed by atoms with E-state index in [1.807, 2.05) is 13.8 Å². The zero-order valence-corrected chi connectivity index (χ0v) is 11.5. The van der Waals surface area contributed by atoms with E-state index < -0.39 is 5.97 Å². The smallest absolute Gasteiger partial charge is 0.228 e. The van der Waals surface area contributed by atoms with Gasteiger partial charge in [0.25, 0.3) is 0 Å². The first-order valence-electron chi connectivity index (χ1n) is 6.17. The number of hydrogen-bond acceptors (Lipinski definition) is 3. The van der Waals surface area contributed by atoms with Crippen molar-refractivity contribution < 1.29 is 14.7 Å². The van der Waals surface area contributed by atoms with E-state index in [9.17, 15) is 14.7 Å². The van der Waals surface area contributed by atoms with E-state index in [1.54, 1.807) is 0 Å². The van der Waals surface area contributed by atoms with Crippen molar-refractivity contribution in [1.82, 2.24) is 5.32 Å². The third kappa shape index (κ3) is 4.33. The minimum Gasteiger partial charge on any atom is -0.543 e. The fourth-order valence-electron chi connectivity index (χ4n) is 1.81. The molecule has 1 fully saturated rings. The molecule has 0 aromatic rings. The van der Waals surface area contributed by atoms with E-state index in [4.69, 9.17) is 11.6 Å². The molecular weight excluding hydrogens is 254 g/mol. The van der Waals surface area contributed by atoms with Gasteiger partial charge < -0.3 is 15.2 Å². The molecule has 4 nitrogen and oxygen atoms in total. The first-order valence-corrected chi connectivity index (χ1v) is 6.70. The fraction of sp³-hybridized carbons (Fsp3) is 0.692. The number of carbonyl (C=O) groups excluding carboxylic acids is 2. The Morgan fingerprint density at radius 1 is 1.44 bits per heavy atom. The van der Waals surface area contributed by atoms with Crippen molar-refractivity contribution in [2.45, 2.75) is 39.5 Å². The summed E-state index contributed by atoms with van der Waals surface area (Å²) in [6.07, 6.45) is 4.48. The molecule has 0 spiro atoms. The Bertz CT molecular complexity index is 363. The van der Waals surface area contributed by atoms with Gasteiger partial charge in [-0.05, 0) is 31.1 Å². The number of allylic oxidation sites excluding steroid dienone is 1. The van der Waals surface area contributed by atoms with Gasteiger partial charge in [0.2, 0.25) is 5.91 Å². The van der Waals surface area contributed by atoms with E-state index in [0.717, 1.165) is 19.3 Å². The van der Waals surface area contributed by atoms with Crippen LogP contribution in [0, 0.1) is 11.3 Å². The minimum atomic E-state index is -1.34. The maximum atomic E-state index is 11.8. The van der Waals surface area contributed by atoms with Crippen LogP contribution in [0.2, 0.25) is 0 Å². The van der Waals surface area contributed by atoms with Gasteiger partial charge in [0.1, 0.15) is 0 Å². The third-order valence-corrected chi connectivity index (χ3v) is 3.51. The summed E-state index contributed by atoms with van der Waals surface area (Å²) >= 11 is 5.53. The minimum absolute atomic E-state index is 0.0141. The number of aliphatic carboxylic acids is 1. The van der Waals surface area contributed by atoms with Crippen LogP contribution in [0.3, 0.4) is 0 Å². The summed E-state index contributed by atoms with van der Waals surface area (Å²) in [4.78, 5) is 22.6. The Morgan fingerprint density at radius 2 is 2.06 bits per heavy atom. The van der Waals surface area contributed by atoms with Crippen LogP contribution in [0.1, 0.15) is 39.5 Å². The average Bonchev–Trinajstić information content (AvgIpc) is 2.92. The van der Waals surface area contributed by atoms with Crippen LogP contribution in [0.4, 0.5) is 0 Å². The quantitative estimate of drug-likeness (QED) is 0.430. The van der Waals surface area contributed by atoms with Gasteiger partial charge in [-0.3, -0.25) is 4.79 Å². The summed E-state index contributed by atoms with van der Waals surface area (Å²) in [5.74, 6) is -1.11. The van der Waals surface area contributed by atoms with Gasteiger partial charge in [-0.2, -0.15) is 0 Å². The molecule has 18 heavy (non-hydrogen) atoms. The largest absolute Gasteiger partial charge is 0.543 e. The standard InChI is InChI=1S/C13H20ClNO3/c1-13(2)8-9(13)11(16)15-10(12(17)18)6-4-3-5-7-14/h6,9H,3-5,7-8H2,1-2H3,(H,15,16)(H,17,18)/p-1/b10-6-/t9-/m1/s1. The molecule has 5 heteroatoms. The third-order valence-electron chi connectivity index (χ3n) is 3.24. The summed E-state index contributed by atoms with van der Waals surface area (Å²) in [6, 6.07) is 0. The Kier molecular flexibility index (Phi) is 5.20. The average molecular weight is 273 g/mol. The van der Waals surface area contributed by atoms with Gasteiger partial charge >= 0.3 is 0 Å². The number of alkyl halides is 1. The van der Waals surface area contributed by atoms with Gasteiger partial charge in [0.15, 0.2) is 0 Å². The monoisotopic (exact) mass is 272 g/mol. The topological polar surface area (TPSA) is 69.2 Å². The number of rotatable bonds is 7. The van der Waals surface area contributed by atoms with Crippen molar-refractivity contribution in [3.8, 4) is 0 Å². The lowest BCUT2D eigenvalue weighted by atomic mass is 10.1. The van der Waals surface area contributed by atoms with Crippen molar-refractivity contribution in [3.63, 3.8) is 0 Å². The lowest BCUT2D eigenvalue weighted by molar-refractivity contribution is -0.299. The number of carbonyl (C=O) groups is 2. The molecule has 0 aromatic heterocycles. The molecule has 1 saturated carbocycles. The highest BCUT2D eigenvalue weighted by atomic mass is 35.5. The van der Waals surface area contributed by atoms with E-state index in [0.29, 0.717) is 12.3 Å². The van der Waals surface area contributed by atoms with E-state index in [-0.39, 0.29) is 22.9 Å². The Hall–Kier alpha value is -1.03. The molecule has 1 N–H and O–H groups in total. The molecule has 0 aromatic carbocycles. The highest BCUT2D eigenvalue weighted by molar-refractivity contribution is 6.17. The Balaban J connectivity index is 2.48. The van der Waals surface area contributed by atoms with E-state index in [1.165, 1.54) is 6.08 Å². The molecular formula is C13H19ClNO3-. The SMILES string of the molecule is CC1(C)C[C@@H]1C(=O)N/C(=C\CCCCCl)C(=O)[O-]. The van der Waals surface area contributed by atoms with Crippen LogP contribution in [0.25, 0.3) is 0 Å². The number of carboxylic acid groups (broad SMARTS) is 1. The highest BCUT2D eigenvalue weighted by Crippen LogP contribution is 2.51. The molecule has 1 aliphatic rings. The number of amides is 1. The van der Waals surface area contributed by atoms with Crippen molar-refractivity contribution >= 4 is 23.5 Å². The Labute approximate surface area is 112 Å². The Morgan fingerprint density at radius 3 is 2.50 bits per heavy atom. The summed E-state index contributed by atoms with van der Waals surface area (Å²) in [7, 11) is 0. The molecule has 1 rings (SSSR count). The van der Waals surface area contributed by atoms with Crippen LogP contribution in [0.15, 0.2) is 11.8 Å². The predicted molar refractivity (Wildman–Crippen MR) is 67.7 cm³/mol. The van der Waals surface area contributed by atoms with E-state index >= 15 is 0 Å². The van der Waals surface area contributed by atoms with Gasteiger partial charge in [-0.15, -0.1) is 11.6 Å². The number of halogens is 1. The van der Waals surface area contributed by atoms with Crippen molar-refractivity contribution in [3.05, 3.63) is 11.8 Å². The molecule has 1 atom stereocenters. The van der Waals surface area contributed by atoms with Crippen LogP contribution in [-0.2, 0) is 9.59 Å². The normalized spacial score (nSPS) is 21.5. The predicted octanol–water partition coefficient (Wildman–Crippen LogP) is 1.19. The molecule has 1 aliphatic carbocycles. The fourth-order valence-corrected chi connectivity index (χ4v) is 1.99. The van der Waals surface area contributed by atoms with Crippen LogP contribution in [0.5, 0.6) is 0 Å². The summed E-state index contributed by atoms with van der Waals surface area (Å²) < 4.78 is 0. The summed E-state index contributed by atoms with van der Waals surface area (Å²) in [6.45, 7) is 3.97. The number of unbranched alkanes of at least 4 members (excludes halogenated alkanes) is 2. The maximum absolute atomic E-state index is 11.8. The first kappa shape index (κ1) is 15.0. The van der Waals surface area contributed by atoms with Gasteiger partial charge in [-0.1, -0.05) is 19.9 Å². The van der Waals surface area contributed by atoms with Crippen LogP contribution < -0.4 is 10.4 Å². The maximum Gasteiger partial charge on any atom is 0.228 e. The number of carboxylic acids is 1. The lowest BCUT2D eigenvalue weighted by Crippen LogP contribution is -2.36. The summed E-state index contributed by atoms with van der Waals surface area (Å²) in [5.41, 5.74) is -0.142. The number of hydrogen-bond donors (Lipinski definition) is 1.